The van der Waals surface area contributed by atoms with Gasteiger partial charge in [-0.1, -0.05) is 12.1 Å². The molecule has 1 atom stereocenters. The largest absolute Gasteiger partial charge is 0.493 e. The SMILES string of the molecule is COc1cc2c(cc1OC)C(=Cc1ccc(OC(=O)[C@H](C)NC(=O)OC(C)(C)C)cc1)C(=O)N2. The topological polar surface area (TPSA) is 112 Å². The van der Waals surface area contributed by atoms with Crippen LogP contribution in [0.2, 0.25) is 0 Å². The van der Waals surface area contributed by atoms with Crippen LogP contribution in [0.25, 0.3) is 11.6 Å². The number of carbonyl (C=O) groups excluding carboxylic acids is 3. The molecule has 2 aromatic rings. The fourth-order valence-electron chi connectivity index (χ4n) is 3.21. The van der Waals surface area contributed by atoms with Gasteiger partial charge in [0.1, 0.15) is 17.4 Å². The van der Waals surface area contributed by atoms with Crippen LogP contribution in [-0.2, 0) is 14.3 Å². The zero-order valence-corrected chi connectivity index (χ0v) is 20.0. The number of nitrogens with one attached hydrogen (secondary N) is 2. The van der Waals surface area contributed by atoms with E-state index in [1.165, 1.54) is 21.1 Å². The number of methoxy groups -OCH3 is 2. The van der Waals surface area contributed by atoms with Crippen LogP contribution in [-0.4, -0.2) is 43.8 Å². The Morgan fingerprint density at radius 3 is 2.24 bits per heavy atom. The van der Waals surface area contributed by atoms with Crippen molar-refractivity contribution in [2.24, 2.45) is 0 Å². The number of alkyl carbamates (subject to hydrolysis) is 1. The predicted molar refractivity (Wildman–Crippen MR) is 127 cm³/mol. The quantitative estimate of drug-likeness (QED) is 0.374. The van der Waals surface area contributed by atoms with Gasteiger partial charge in [0.2, 0.25) is 0 Å². The third kappa shape index (κ3) is 5.86. The van der Waals surface area contributed by atoms with E-state index in [9.17, 15) is 14.4 Å². The summed E-state index contributed by atoms with van der Waals surface area (Å²) in [7, 11) is 3.06. The Labute approximate surface area is 198 Å². The second kappa shape index (κ2) is 9.86. The van der Waals surface area contributed by atoms with Crippen LogP contribution in [0.1, 0.15) is 38.8 Å². The monoisotopic (exact) mass is 468 g/mol. The summed E-state index contributed by atoms with van der Waals surface area (Å²) in [5, 5.41) is 5.26. The lowest BCUT2D eigenvalue weighted by Crippen LogP contribution is -2.43. The van der Waals surface area contributed by atoms with Crippen molar-refractivity contribution in [3.63, 3.8) is 0 Å². The summed E-state index contributed by atoms with van der Waals surface area (Å²) in [5.74, 6) is 0.446. The highest BCUT2D eigenvalue weighted by Crippen LogP contribution is 2.41. The Hall–Kier alpha value is -4.01. The molecule has 1 aliphatic heterocycles. The molecule has 0 spiro atoms. The van der Waals surface area contributed by atoms with E-state index < -0.39 is 23.7 Å². The van der Waals surface area contributed by atoms with E-state index in [0.717, 1.165) is 5.56 Å². The first-order valence-corrected chi connectivity index (χ1v) is 10.6. The molecule has 0 saturated heterocycles. The molecule has 9 nitrogen and oxygen atoms in total. The van der Waals surface area contributed by atoms with E-state index in [2.05, 4.69) is 10.6 Å². The van der Waals surface area contributed by atoms with E-state index in [-0.39, 0.29) is 5.91 Å². The maximum absolute atomic E-state index is 12.5. The van der Waals surface area contributed by atoms with E-state index in [1.54, 1.807) is 63.2 Å². The van der Waals surface area contributed by atoms with Gasteiger partial charge in [-0.15, -0.1) is 0 Å². The maximum atomic E-state index is 12.5. The third-order valence-electron chi connectivity index (χ3n) is 4.80. The van der Waals surface area contributed by atoms with Crippen LogP contribution in [0.3, 0.4) is 0 Å². The number of fused-ring (bicyclic) bond motifs is 1. The number of anilines is 1. The van der Waals surface area contributed by atoms with Crippen LogP contribution in [0.15, 0.2) is 36.4 Å². The number of carbonyl (C=O) groups is 3. The molecule has 2 aromatic carbocycles. The fourth-order valence-corrected chi connectivity index (χ4v) is 3.21. The molecule has 0 unspecified atom stereocenters. The molecule has 0 radical (unpaired) electrons. The van der Waals surface area contributed by atoms with Gasteiger partial charge in [-0.05, 0) is 57.5 Å². The highest BCUT2D eigenvalue weighted by atomic mass is 16.6. The minimum Gasteiger partial charge on any atom is -0.493 e. The number of benzene rings is 2. The first kappa shape index (κ1) is 24.6. The lowest BCUT2D eigenvalue weighted by Gasteiger charge is -2.21. The Kier molecular flexibility index (Phi) is 7.14. The van der Waals surface area contributed by atoms with Gasteiger partial charge in [0.25, 0.3) is 5.91 Å². The molecule has 0 fully saturated rings. The molecule has 2 N–H and O–H groups in total. The smallest absolute Gasteiger partial charge is 0.408 e. The van der Waals surface area contributed by atoms with E-state index >= 15 is 0 Å². The minimum absolute atomic E-state index is 0.247. The highest BCUT2D eigenvalue weighted by molar-refractivity contribution is 6.35. The van der Waals surface area contributed by atoms with Gasteiger partial charge >= 0.3 is 12.1 Å². The van der Waals surface area contributed by atoms with Gasteiger partial charge in [0.05, 0.1) is 19.9 Å². The maximum Gasteiger partial charge on any atom is 0.408 e. The van der Waals surface area contributed by atoms with Gasteiger partial charge in [0, 0.05) is 17.2 Å². The van der Waals surface area contributed by atoms with Crippen molar-refractivity contribution in [2.45, 2.75) is 39.3 Å². The highest BCUT2D eigenvalue weighted by Gasteiger charge is 2.27. The van der Waals surface area contributed by atoms with Crippen molar-refractivity contribution in [3.05, 3.63) is 47.5 Å². The molecule has 0 aromatic heterocycles. The van der Waals surface area contributed by atoms with Crippen LogP contribution in [0, 0.1) is 0 Å². The average Bonchev–Trinajstić information content (AvgIpc) is 3.06. The van der Waals surface area contributed by atoms with Crippen molar-refractivity contribution < 1.29 is 33.3 Å². The Morgan fingerprint density at radius 2 is 1.65 bits per heavy atom. The molecule has 180 valence electrons. The van der Waals surface area contributed by atoms with Gasteiger partial charge in [-0.25, -0.2) is 9.59 Å². The van der Waals surface area contributed by atoms with E-state index in [1.807, 2.05) is 0 Å². The van der Waals surface area contributed by atoms with Crippen LogP contribution >= 0.6 is 0 Å². The molecule has 9 heteroatoms. The van der Waals surface area contributed by atoms with Gasteiger partial charge in [0.15, 0.2) is 11.5 Å². The normalized spacial score (nSPS) is 14.6. The summed E-state index contributed by atoms with van der Waals surface area (Å²) in [4.78, 5) is 36.6. The fraction of sp³-hybridized carbons (Fsp3) is 0.320. The number of amides is 2. The van der Waals surface area contributed by atoms with Crippen LogP contribution < -0.4 is 24.8 Å². The van der Waals surface area contributed by atoms with Crippen molar-refractivity contribution >= 4 is 35.3 Å². The summed E-state index contributed by atoms with van der Waals surface area (Å²) in [6.45, 7) is 6.69. The molecule has 0 aliphatic carbocycles. The van der Waals surface area contributed by atoms with Crippen LogP contribution in [0.4, 0.5) is 10.5 Å². The second-order valence-electron chi connectivity index (χ2n) is 8.62. The van der Waals surface area contributed by atoms with Gasteiger partial charge in [-0.3, -0.25) is 4.79 Å². The summed E-state index contributed by atoms with van der Waals surface area (Å²) >= 11 is 0. The molecule has 3 rings (SSSR count). The summed E-state index contributed by atoms with van der Waals surface area (Å²) in [5.41, 5.74) is 1.85. The zero-order valence-electron chi connectivity index (χ0n) is 20.0. The lowest BCUT2D eigenvalue weighted by molar-refractivity contribution is -0.136. The van der Waals surface area contributed by atoms with Crippen molar-refractivity contribution in [1.29, 1.82) is 0 Å². The average molecular weight is 469 g/mol. The number of rotatable bonds is 6. The van der Waals surface area contributed by atoms with E-state index in [0.29, 0.717) is 34.1 Å². The Bertz CT molecular complexity index is 1130. The summed E-state index contributed by atoms with van der Waals surface area (Å²) in [6.07, 6.45) is 1.02. The van der Waals surface area contributed by atoms with E-state index in [4.69, 9.17) is 18.9 Å². The summed E-state index contributed by atoms with van der Waals surface area (Å²) < 4.78 is 21.1. The molecule has 0 saturated carbocycles. The summed E-state index contributed by atoms with van der Waals surface area (Å²) in [6, 6.07) is 9.19. The first-order chi connectivity index (χ1) is 16.0. The molecule has 1 aliphatic rings. The standard InChI is InChI=1S/C25H28N2O7/c1-14(26-24(30)34-25(2,3)4)23(29)33-16-9-7-15(8-10-16)11-18-17-12-20(31-5)21(32-6)13-19(17)27-22(18)28/h7-14H,1-6H3,(H,26,30)(H,27,28)/t14-/m0/s1. The van der Waals surface area contributed by atoms with Crippen molar-refractivity contribution in [3.8, 4) is 17.2 Å². The Morgan fingerprint density at radius 1 is 1.03 bits per heavy atom. The lowest BCUT2D eigenvalue weighted by atomic mass is 10.0. The second-order valence-corrected chi connectivity index (χ2v) is 8.62. The number of ether oxygens (including phenoxy) is 4. The number of hydrogen-bond acceptors (Lipinski definition) is 7. The molecular formula is C25H28N2O7. The van der Waals surface area contributed by atoms with Crippen molar-refractivity contribution in [2.75, 3.05) is 19.5 Å². The molecule has 2 amide bonds. The minimum atomic E-state index is -0.901. The predicted octanol–water partition coefficient (Wildman–Crippen LogP) is 4.02. The van der Waals surface area contributed by atoms with Gasteiger partial charge < -0.3 is 29.6 Å². The van der Waals surface area contributed by atoms with Gasteiger partial charge in [-0.2, -0.15) is 0 Å². The first-order valence-electron chi connectivity index (χ1n) is 10.6. The molecule has 1 heterocycles. The third-order valence-corrected chi connectivity index (χ3v) is 4.80. The van der Waals surface area contributed by atoms with Crippen LogP contribution in [0.5, 0.6) is 17.2 Å². The number of hydrogen-bond donors (Lipinski definition) is 2. The molecule has 34 heavy (non-hydrogen) atoms. The zero-order chi connectivity index (χ0) is 25.0. The molecular weight excluding hydrogens is 440 g/mol. The Balaban J connectivity index is 1.70. The molecule has 0 bridgehead atoms. The number of esters is 1. The van der Waals surface area contributed by atoms with Crippen molar-refractivity contribution in [1.82, 2.24) is 5.32 Å².